The van der Waals surface area contributed by atoms with Crippen LogP contribution >= 0.6 is 0 Å². The summed E-state index contributed by atoms with van der Waals surface area (Å²) in [6, 6.07) is 1.37. The topological polar surface area (TPSA) is 136 Å². The number of nitrogens with zero attached hydrogens (tertiary/aromatic N) is 2. The quantitative estimate of drug-likeness (QED) is 0.251. The maximum absolute atomic E-state index is 14.8. The Morgan fingerprint density at radius 1 is 0.983 bits per heavy atom. The molecule has 1 aromatic rings. The Bertz CT molecular complexity index is 1750. The molecule has 2 N–H and O–H groups in total. The molecule has 320 valence electrons. The van der Waals surface area contributed by atoms with E-state index in [9.17, 15) is 32.3 Å². The predicted octanol–water partition coefficient (Wildman–Crippen LogP) is 7.15. The number of carbonyl (C=O) groups excluding carboxylic acids is 4. The molecule has 6 fully saturated rings. The first-order chi connectivity index (χ1) is 27.2. The summed E-state index contributed by atoms with van der Waals surface area (Å²) in [5, 5.41) is 6.01. The predicted molar refractivity (Wildman–Crippen MR) is 208 cm³/mol. The summed E-state index contributed by atoms with van der Waals surface area (Å²) in [6.07, 6.45) is 0.412. The smallest absolute Gasteiger partial charge is 0.444 e. The largest absolute Gasteiger partial charge is 0.481 e. The zero-order valence-corrected chi connectivity index (χ0v) is 34.9. The number of halogens is 3. The van der Waals surface area contributed by atoms with Gasteiger partial charge in [0.05, 0.1) is 29.8 Å². The monoisotopic (exact) mass is 816 g/mol. The molecule has 3 heterocycles. The van der Waals surface area contributed by atoms with Crippen molar-refractivity contribution in [1.29, 1.82) is 0 Å². The van der Waals surface area contributed by atoms with Crippen molar-refractivity contribution in [3.63, 3.8) is 0 Å². The molecule has 8 atom stereocenters. The molecule has 1 aromatic carbocycles. The number of alkyl halides is 3. The van der Waals surface area contributed by atoms with E-state index in [4.69, 9.17) is 18.8 Å². The van der Waals surface area contributed by atoms with E-state index in [1.54, 1.807) is 20.8 Å². The van der Waals surface area contributed by atoms with E-state index in [1.165, 1.54) is 15.9 Å². The first kappa shape index (κ1) is 42.6. The van der Waals surface area contributed by atoms with Gasteiger partial charge in [-0.05, 0) is 106 Å². The Morgan fingerprint density at radius 2 is 1.69 bits per heavy atom. The van der Waals surface area contributed by atoms with Crippen molar-refractivity contribution in [3.05, 3.63) is 34.9 Å². The molecule has 4 aliphatic carbocycles. The lowest BCUT2D eigenvalue weighted by atomic mass is 9.43. The van der Waals surface area contributed by atoms with Crippen LogP contribution in [0.25, 0.3) is 0 Å². The van der Waals surface area contributed by atoms with Crippen molar-refractivity contribution in [3.8, 4) is 0 Å². The van der Waals surface area contributed by atoms with E-state index in [2.05, 4.69) is 31.4 Å². The van der Waals surface area contributed by atoms with Gasteiger partial charge in [0.25, 0.3) is 0 Å². The van der Waals surface area contributed by atoms with Crippen LogP contribution in [-0.2, 0) is 47.6 Å². The minimum Gasteiger partial charge on any atom is -0.444 e. The number of nitrogens with one attached hydrogen (secondary N) is 2. The van der Waals surface area contributed by atoms with Gasteiger partial charge >= 0.3 is 25.5 Å². The van der Waals surface area contributed by atoms with Crippen molar-refractivity contribution in [2.45, 2.75) is 173 Å². The highest BCUT2D eigenvalue weighted by Gasteiger charge is 2.68. The Morgan fingerprint density at radius 3 is 2.34 bits per heavy atom. The summed E-state index contributed by atoms with van der Waals surface area (Å²) < 4.78 is 65.2. The lowest BCUT2D eigenvalue weighted by Crippen LogP contribution is -2.65. The van der Waals surface area contributed by atoms with Crippen LogP contribution in [-0.4, -0.2) is 88.9 Å². The highest BCUT2D eigenvalue weighted by atomic mass is 19.4. The summed E-state index contributed by atoms with van der Waals surface area (Å²) in [4.78, 5) is 58.9. The van der Waals surface area contributed by atoms with Crippen LogP contribution in [0, 0.1) is 23.2 Å². The fourth-order valence-electron chi connectivity index (χ4n) is 10.7. The van der Waals surface area contributed by atoms with Crippen LogP contribution in [0.15, 0.2) is 18.2 Å². The van der Waals surface area contributed by atoms with Crippen molar-refractivity contribution in [1.82, 2.24) is 20.4 Å². The Kier molecular flexibility index (Phi) is 11.6. The van der Waals surface area contributed by atoms with Crippen LogP contribution in [0.2, 0.25) is 0 Å². The number of rotatable bonds is 9. The highest BCUT2D eigenvalue weighted by Crippen LogP contribution is 2.65. The second-order valence-electron chi connectivity index (χ2n) is 19.3. The zero-order chi connectivity index (χ0) is 41.9. The summed E-state index contributed by atoms with van der Waals surface area (Å²) >= 11 is 0. The molecule has 0 spiro atoms. The number of carbonyl (C=O) groups is 4. The lowest BCUT2D eigenvalue weighted by molar-refractivity contribution is -0.199. The molecule has 0 unspecified atom stereocenters. The van der Waals surface area contributed by atoms with Gasteiger partial charge in [0, 0.05) is 19.5 Å². The summed E-state index contributed by atoms with van der Waals surface area (Å²) in [5.41, 5.74) is -0.998. The normalized spacial score (nSPS) is 30.2. The molecule has 4 saturated carbocycles. The first-order valence-electron chi connectivity index (χ1n) is 21.3. The molecule has 0 aromatic heterocycles. The molecule has 12 nitrogen and oxygen atoms in total. The van der Waals surface area contributed by atoms with Crippen LogP contribution in [0.1, 0.15) is 129 Å². The van der Waals surface area contributed by atoms with E-state index in [0.717, 1.165) is 50.7 Å². The number of hydrogen-bond acceptors (Lipinski definition) is 8. The van der Waals surface area contributed by atoms with E-state index >= 15 is 0 Å². The summed E-state index contributed by atoms with van der Waals surface area (Å²) in [7, 11) is -0.688. The number of hydrogen-bond donors (Lipinski definition) is 2. The van der Waals surface area contributed by atoms with Gasteiger partial charge in [0.15, 0.2) is 0 Å². The first-order valence-corrected chi connectivity index (χ1v) is 21.3. The molecule has 16 heteroatoms. The van der Waals surface area contributed by atoms with Crippen molar-refractivity contribution in [2.75, 3.05) is 6.54 Å². The van der Waals surface area contributed by atoms with Gasteiger partial charge in [0.2, 0.25) is 11.8 Å². The Balaban J connectivity index is 1.11. The van der Waals surface area contributed by atoms with Crippen LogP contribution in [0.3, 0.4) is 0 Å². The van der Waals surface area contributed by atoms with Gasteiger partial charge in [-0.25, -0.2) is 9.59 Å². The number of fused-ring (bicyclic) bond motifs is 1. The maximum Gasteiger partial charge on any atom is 0.481 e. The minimum absolute atomic E-state index is 0.0182. The fraction of sp³-hybridized carbons (Fsp3) is 0.762. The zero-order valence-electron chi connectivity index (χ0n) is 34.9. The van der Waals surface area contributed by atoms with Crippen molar-refractivity contribution < 1.29 is 51.1 Å². The van der Waals surface area contributed by atoms with Crippen LogP contribution in [0.5, 0.6) is 0 Å². The number of likely N-dealkylation sites (tertiary alicyclic amines) is 1. The second-order valence-corrected chi connectivity index (χ2v) is 19.3. The molecule has 2 bridgehead atoms. The van der Waals surface area contributed by atoms with Crippen molar-refractivity contribution in [2.24, 2.45) is 23.2 Å². The van der Waals surface area contributed by atoms with Gasteiger partial charge in [0.1, 0.15) is 23.8 Å². The lowest BCUT2D eigenvalue weighted by Gasteiger charge is -2.64. The van der Waals surface area contributed by atoms with E-state index in [1.807, 2.05) is 6.92 Å². The fourth-order valence-corrected chi connectivity index (χ4v) is 10.7. The number of amides is 4. The summed E-state index contributed by atoms with van der Waals surface area (Å²) in [5.74, 6) is -0.752. The third-order valence-corrected chi connectivity index (χ3v) is 13.9. The second kappa shape index (κ2) is 15.8. The molecule has 4 amide bonds. The number of ether oxygens (including phenoxy) is 2. The van der Waals surface area contributed by atoms with Gasteiger partial charge in [-0.15, -0.1) is 0 Å². The Hall–Kier alpha value is -3.53. The molecule has 58 heavy (non-hydrogen) atoms. The third kappa shape index (κ3) is 8.42. The standard InChI is InChI=1S/C42H60BF3N4O8/c1-8-12-33(43-57-32-19-28-18-31(40(28,5)6)41(32,7)58-43)47-35(51)30-20-29(55-38(54)49-21-25-15-16-27(42(44,45)46)17-26(25)22-49)23-50(30)36(52)34(24-13-10-9-11-14-24)48-37(53)56-39(2,3)4/h15-17,24,28-34H,8-14,18-23H2,1-7H3,(H,47,51)(H,48,53)/t28-,29-,30+,31-,32-,33+,34+,41+/m1/s1. The van der Waals surface area contributed by atoms with Crippen molar-refractivity contribution >= 4 is 31.1 Å². The van der Waals surface area contributed by atoms with Gasteiger partial charge in [-0.2, -0.15) is 13.2 Å². The van der Waals surface area contributed by atoms with E-state index < -0.39 is 78.2 Å². The van der Waals surface area contributed by atoms with E-state index in [-0.39, 0.29) is 43.5 Å². The Labute approximate surface area is 340 Å². The number of alkyl carbamates (subject to hydrolysis) is 1. The molecular weight excluding hydrogens is 756 g/mol. The third-order valence-electron chi connectivity index (χ3n) is 13.9. The number of benzene rings is 1. The van der Waals surface area contributed by atoms with Gasteiger partial charge < -0.3 is 34.3 Å². The van der Waals surface area contributed by atoms with E-state index in [0.29, 0.717) is 42.2 Å². The van der Waals surface area contributed by atoms with Gasteiger partial charge in [-0.1, -0.05) is 52.5 Å². The average molecular weight is 817 g/mol. The highest BCUT2D eigenvalue weighted by molar-refractivity contribution is 6.48. The molecule has 7 aliphatic rings. The molecular formula is C42H60BF3N4O8. The van der Waals surface area contributed by atoms with Crippen LogP contribution < -0.4 is 10.6 Å². The minimum atomic E-state index is -4.52. The summed E-state index contributed by atoms with van der Waals surface area (Å²) in [6.45, 7) is 13.8. The molecule has 0 radical (unpaired) electrons. The maximum atomic E-state index is 14.8. The van der Waals surface area contributed by atoms with Gasteiger partial charge in [-0.3, -0.25) is 14.5 Å². The average Bonchev–Trinajstić information content (AvgIpc) is 3.87. The van der Waals surface area contributed by atoms with Crippen LogP contribution in [0.4, 0.5) is 22.8 Å². The molecule has 2 saturated heterocycles. The molecule has 8 rings (SSSR count). The SMILES string of the molecule is CCC[C@H](NC(=O)[C@@H]1C[C@@H](OC(=O)N2Cc3ccc(C(F)(F)F)cc3C2)CN1C(=O)[C@@H](NC(=O)OC(C)(C)C)C1CCCCC1)B1O[C@@H]2C[C@H]3C[C@H](C3(C)C)[C@]2(C)O1. The molecule has 3 aliphatic heterocycles.